The molecule has 1 atom stereocenters. The number of aromatic nitrogens is 3. The SMILES string of the molecule is CCCC1(F)CNc2c(C(=O)Nc3cncc(F)c3N3CCC(CN4CCN(C)CC4=O)CC3)c(N)nn2C1. The van der Waals surface area contributed by atoms with Gasteiger partial charge in [-0.25, -0.2) is 13.5 Å². The minimum Gasteiger partial charge on any atom is -0.381 e. The number of pyridine rings is 1. The summed E-state index contributed by atoms with van der Waals surface area (Å²) in [5.41, 5.74) is 5.19. The zero-order valence-corrected chi connectivity index (χ0v) is 22.6. The van der Waals surface area contributed by atoms with Gasteiger partial charge in [0.25, 0.3) is 5.91 Å². The van der Waals surface area contributed by atoms with Crippen molar-refractivity contribution in [2.24, 2.45) is 5.92 Å². The van der Waals surface area contributed by atoms with Gasteiger partial charge in [-0.1, -0.05) is 13.3 Å². The summed E-state index contributed by atoms with van der Waals surface area (Å²) in [6.07, 6.45) is 5.18. The summed E-state index contributed by atoms with van der Waals surface area (Å²) in [6, 6.07) is 0. The number of rotatable bonds is 7. The van der Waals surface area contributed by atoms with Crippen molar-refractivity contribution in [1.82, 2.24) is 24.6 Å². The number of hydrogen-bond donors (Lipinski definition) is 3. The van der Waals surface area contributed by atoms with Crippen LogP contribution in [0.15, 0.2) is 12.4 Å². The van der Waals surface area contributed by atoms with E-state index >= 15 is 8.78 Å². The second kappa shape index (κ2) is 10.9. The normalized spacial score (nSPS) is 22.5. The van der Waals surface area contributed by atoms with E-state index < -0.39 is 17.4 Å². The van der Waals surface area contributed by atoms with E-state index in [1.165, 1.54) is 10.9 Å². The first kappa shape index (κ1) is 27.1. The summed E-state index contributed by atoms with van der Waals surface area (Å²) < 4.78 is 31.6. The number of fused-ring (bicyclic) bond motifs is 1. The van der Waals surface area contributed by atoms with Crippen molar-refractivity contribution in [2.45, 2.75) is 44.8 Å². The number of nitrogens with zero attached hydrogens (tertiary/aromatic N) is 6. The summed E-state index contributed by atoms with van der Waals surface area (Å²) in [5.74, 6) is -0.308. The Hall–Kier alpha value is -3.48. The van der Waals surface area contributed by atoms with Crippen molar-refractivity contribution in [3.8, 4) is 0 Å². The van der Waals surface area contributed by atoms with Crippen LogP contribution in [0.4, 0.5) is 31.8 Å². The van der Waals surface area contributed by atoms with Crippen molar-refractivity contribution in [3.63, 3.8) is 0 Å². The first-order valence-corrected chi connectivity index (χ1v) is 13.6. The molecule has 4 N–H and O–H groups in total. The minimum atomic E-state index is -1.47. The molecule has 13 heteroatoms. The average molecular weight is 546 g/mol. The van der Waals surface area contributed by atoms with Gasteiger partial charge < -0.3 is 26.2 Å². The molecule has 0 spiro atoms. The van der Waals surface area contributed by atoms with Gasteiger partial charge in [-0.15, -0.1) is 0 Å². The smallest absolute Gasteiger partial charge is 0.263 e. The van der Waals surface area contributed by atoms with Crippen LogP contribution >= 0.6 is 0 Å². The van der Waals surface area contributed by atoms with E-state index in [1.54, 1.807) is 0 Å². The third kappa shape index (κ3) is 5.63. The summed E-state index contributed by atoms with van der Waals surface area (Å²) in [4.78, 5) is 35.5. The molecule has 0 bridgehead atoms. The molecule has 212 valence electrons. The Morgan fingerprint density at radius 1 is 1.26 bits per heavy atom. The summed E-state index contributed by atoms with van der Waals surface area (Å²) in [5, 5.41) is 9.94. The van der Waals surface area contributed by atoms with Crippen LogP contribution in [0.25, 0.3) is 0 Å². The van der Waals surface area contributed by atoms with E-state index in [2.05, 4.69) is 20.7 Å². The zero-order chi connectivity index (χ0) is 27.7. The van der Waals surface area contributed by atoms with Crippen molar-refractivity contribution < 1.29 is 18.4 Å². The lowest BCUT2D eigenvalue weighted by molar-refractivity contribution is -0.136. The van der Waals surface area contributed by atoms with Gasteiger partial charge >= 0.3 is 0 Å². The van der Waals surface area contributed by atoms with Crippen LogP contribution in [0.5, 0.6) is 0 Å². The van der Waals surface area contributed by atoms with Crippen molar-refractivity contribution >= 4 is 34.8 Å². The Morgan fingerprint density at radius 2 is 2.03 bits per heavy atom. The lowest BCUT2D eigenvalue weighted by atomic mass is 9.95. The van der Waals surface area contributed by atoms with Crippen LogP contribution in [0.3, 0.4) is 0 Å². The second-order valence-electron chi connectivity index (χ2n) is 11.0. The number of carbonyl (C=O) groups excluding carboxylic acids is 2. The van der Waals surface area contributed by atoms with Gasteiger partial charge in [0.15, 0.2) is 11.6 Å². The van der Waals surface area contributed by atoms with Crippen molar-refractivity contribution in [1.29, 1.82) is 0 Å². The number of piperidine rings is 1. The van der Waals surface area contributed by atoms with Gasteiger partial charge in [0.1, 0.15) is 22.7 Å². The standard InChI is InChI=1S/C26H37F2N9O2/c1-3-6-26(28)15-31-24-21(23(29)33-37(24)16-26)25(39)32-19-12-30-11-18(27)22(19)35-7-4-17(5-8-35)13-36-10-9-34(2)14-20(36)38/h11-12,17,31H,3-10,13-16H2,1-2H3,(H2,29,33)(H,32,39). The van der Waals surface area contributed by atoms with Gasteiger partial charge in [-0.3, -0.25) is 19.5 Å². The number of anilines is 4. The van der Waals surface area contributed by atoms with E-state index in [-0.39, 0.29) is 41.8 Å². The molecule has 5 rings (SSSR count). The van der Waals surface area contributed by atoms with E-state index in [0.717, 1.165) is 32.1 Å². The first-order chi connectivity index (χ1) is 18.7. The zero-order valence-electron chi connectivity index (χ0n) is 22.6. The van der Waals surface area contributed by atoms with Crippen LogP contribution in [0.2, 0.25) is 0 Å². The Kier molecular flexibility index (Phi) is 7.61. The van der Waals surface area contributed by atoms with Crippen molar-refractivity contribution in [2.75, 3.05) is 74.1 Å². The van der Waals surface area contributed by atoms with Crippen LogP contribution < -0.4 is 21.3 Å². The van der Waals surface area contributed by atoms with Gasteiger partial charge in [0.2, 0.25) is 5.91 Å². The molecule has 0 radical (unpaired) electrons. The maximum atomic E-state index is 15.1. The highest BCUT2D eigenvalue weighted by atomic mass is 19.1. The van der Waals surface area contributed by atoms with E-state index in [0.29, 0.717) is 50.8 Å². The predicted octanol–water partition coefficient (Wildman–Crippen LogP) is 2.18. The fourth-order valence-electron chi connectivity index (χ4n) is 5.88. The summed E-state index contributed by atoms with van der Waals surface area (Å²) in [7, 11) is 1.95. The Balaban J connectivity index is 1.27. The molecule has 0 saturated carbocycles. The molecule has 0 aromatic carbocycles. The first-order valence-electron chi connectivity index (χ1n) is 13.6. The quantitative estimate of drug-likeness (QED) is 0.484. The highest BCUT2D eigenvalue weighted by Gasteiger charge is 2.38. The number of nitrogens with one attached hydrogen (secondary N) is 2. The number of alkyl halides is 1. The molecular weight excluding hydrogens is 508 g/mol. The number of likely N-dealkylation sites (N-methyl/N-ethyl adjacent to an activating group) is 1. The fraction of sp³-hybridized carbons (Fsp3) is 0.615. The number of hydrogen-bond acceptors (Lipinski definition) is 8. The number of nitrogens with two attached hydrogens (primary N) is 1. The molecule has 0 aliphatic carbocycles. The highest BCUT2D eigenvalue weighted by molar-refractivity contribution is 6.12. The summed E-state index contributed by atoms with van der Waals surface area (Å²) in [6.45, 7) is 5.87. The molecular formula is C26H37F2N9O2. The second-order valence-corrected chi connectivity index (χ2v) is 11.0. The largest absolute Gasteiger partial charge is 0.381 e. The number of piperazine rings is 1. The number of halogens is 2. The Morgan fingerprint density at radius 3 is 2.74 bits per heavy atom. The molecule has 1 unspecified atom stereocenters. The number of amides is 2. The fourth-order valence-corrected chi connectivity index (χ4v) is 5.88. The molecule has 3 aliphatic heterocycles. The monoisotopic (exact) mass is 545 g/mol. The van der Waals surface area contributed by atoms with Gasteiger partial charge in [-0.2, -0.15) is 5.10 Å². The van der Waals surface area contributed by atoms with Crippen LogP contribution in [0, 0.1) is 11.7 Å². The topological polar surface area (TPSA) is 125 Å². The molecule has 39 heavy (non-hydrogen) atoms. The highest BCUT2D eigenvalue weighted by Crippen LogP contribution is 2.35. The van der Waals surface area contributed by atoms with Gasteiger partial charge in [0, 0.05) is 32.7 Å². The minimum absolute atomic E-state index is 0.00208. The average Bonchev–Trinajstić information content (AvgIpc) is 3.21. The molecule has 2 fully saturated rings. The lowest BCUT2D eigenvalue weighted by Crippen LogP contribution is -2.51. The predicted molar refractivity (Wildman–Crippen MR) is 145 cm³/mol. The van der Waals surface area contributed by atoms with Crippen molar-refractivity contribution in [3.05, 3.63) is 23.8 Å². The van der Waals surface area contributed by atoms with Crippen LogP contribution in [0.1, 0.15) is 43.0 Å². The van der Waals surface area contributed by atoms with Crippen LogP contribution in [-0.2, 0) is 11.3 Å². The molecule has 2 aromatic heterocycles. The Labute approximate surface area is 226 Å². The number of nitrogen functional groups attached to an aromatic ring is 1. The van der Waals surface area contributed by atoms with Crippen LogP contribution in [-0.4, -0.2) is 94.9 Å². The van der Waals surface area contributed by atoms with Gasteiger partial charge in [0.05, 0.1) is 37.7 Å². The molecule has 2 amide bonds. The molecule has 2 saturated heterocycles. The maximum absolute atomic E-state index is 15.1. The third-order valence-corrected chi connectivity index (χ3v) is 7.95. The molecule has 11 nitrogen and oxygen atoms in total. The summed E-state index contributed by atoms with van der Waals surface area (Å²) >= 11 is 0. The van der Waals surface area contributed by atoms with Gasteiger partial charge in [-0.05, 0) is 32.2 Å². The third-order valence-electron chi connectivity index (χ3n) is 7.95. The number of carbonyl (C=O) groups is 2. The lowest BCUT2D eigenvalue weighted by Gasteiger charge is -2.38. The molecule has 5 heterocycles. The van der Waals surface area contributed by atoms with E-state index in [1.807, 2.05) is 28.7 Å². The molecule has 2 aromatic rings. The Bertz CT molecular complexity index is 1230. The van der Waals surface area contributed by atoms with E-state index in [9.17, 15) is 9.59 Å². The van der Waals surface area contributed by atoms with E-state index in [4.69, 9.17) is 5.73 Å². The molecule has 3 aliphatic rings. The maximum Gasteiger partial charge on any atom is 0.263 e.